The second-order valence-corrected chi connectivity index (χ2v) is 5.95. The number of aromatic nitrogens is 1. The maximum absolute atomic E-state index is 6.05. The van der Waals surface area contributed by atoms with Crippen molar-refractivity contribution in [1.82, 2.24) is 4.98 Å². The van der Waals surface area contributed by atoms with Crippen molar-refractivity contribution in [1.29, 1.82) is 0 Å². The second-order valence-electron chi connectivity index (χ2n) is 5.95. The number of hydrogen-bond acceptors (Lipinski definition) is 3. The molecule has 0 saturated carbocycles. The molecule has 2 heterocycles. The molecule has 2 aromatic rings. The lowest BCUT2D eigenvalue weighted by Gasteiger charge is -2.37. The van der Waals surface area contributed by atoms with Crippen LogP contribution in [0.4, 0.5) is 11.4 Å². The van der Waals surface area contributed by atoms with Crippen molar-refractivity contribution in [2.24, 2.45) is 11.8 Å². The standard InChI is InChI=1S/C16H21N3/c1-11-7-12(2)10-19(9-11)16-4-3-15(17)14-8-18-6-5-13(14)16/h3-6,8,11-12H,7,9-10,17H2,1-2H3. The van der Waals surface area contributed by atoms with Gasteiger partial charge in [-0.1, -0.05) is 13.8 Å². The Hall–Kier alpha value is -1.77. The summed E-state index contributed by atoms with van der Waals surface area (Å²) in [7, 11) is 0. The minimum atomic E-state index is 0.748. The van der Waals surface area contributed by atoms with Crippen LogP contribution in [0.2, 0.25) is 0 Å². The Bertz CT molecular complexity index is 584. The van der Waals surface area contributed by atoms with Crippen LogP contribution >= 0.6 is 0 Å². The van der Waals surface area contributed by atoms with Crippen LogP contribution in [0.1, 0.15) is 20.3 Å². The average molecular weight is 255 g/mol. The first kappa shape index (κ1) is 12.3. The molecule has 0 aliphatic carbocycles. The molecule has 100 valence electrons. The molecule has 1 aromatic heterocycles. The van der Waals surface area contributed by atoms with Crippen LogP contribution in [-0.2, 0) is 0 Å². The molecule has 3 heteroatoms. The first-order chi connectivity index (χ1) is 9.15. The fraction of sp³-hybridized carbons (Fsp3) is 0.438. The molecule has 2 unspecified atom stereocenters. The van der Waals surface area contributed by atoms with E-state index in [9.17, 15) is 0 Å². The summed E-state index contributed by atoms with van der Waals surface area (Å²) in [4.78, 5) is 6.69. The monoisotopic (exact) mass is 255 g/mol. The third-order valence-electron chi connectivity index (χ3n) is 4.04. The molecule has 2 atom stereocenters. The van der Waals surface area contributed by atoms with E-state index in [0.29, 0.717) is 0 Å². The van der Waals surface area contributed by atoms with Gasteiger partial charge in [0, 0.05) is 47.6 Å². The van der Waals surface area contributed by atoms with Crippen molar-refractivity contribution in [3.63, 3.8) is 0 Å². The van der Waals surface area contributed by atoms with Gasteiger partial charge in [-0.3, -0.25) is 4.98 Å². The number of fused-ring (bicyclic) bond motifs is 1. The number of pyridine rings is 1. The first-order valence-electron chi connectivity index (χ1n) is 7.02. The molecular weight excluding hydrogens is 234 g/mol. The van der Waals surface area contributed by atoms with Crippen LogP contribution in [0.3, 0.4) is 0 Å². The van der Waals surface area contributed by atoms with Crippen molar-refractivity contribution in [3.05, 3.63) is 30.6 Å². The number of nitrogens with zero attached hydrogens (tertiary/aromatic N) is 2. The zero-order valence-corrected chi connectivity index (χ0v) is 11.6. The number of nitrogen functional groups attached to an aromatic ring is 1. The molecule has 1 aliphatic rings. The second kappa shape index (κ2) is 4.72. The van der Waals surface area contributed by atoms with Crippen molar-refractivity contribution < 1.29 is 0 Å². The highest BCUT2D eigenvalue weighted by atomic mass is 15.1. The van der Waals surface area contributed by atoms with Gasteiger partial charge < -0.3 is 10.6 Å². The quantitative estimate of drug-likeness (QED) is 0.795. The summed E-state index contributed by atoms with van der Waals surface area (Å²) in [6.45, 7) is 6.94. The van der Waals surface area contributed by atoms with Gasteiger partial charge in [-0.15, -0.1) is 0 Å². The molecule has 1 fully saturated rings. The SMILES string of the molecule is CC1CC(C)CN(c2ccc(N)c3cnccc23)C1. The van der Waals surface area contributed by atoms with Crippen LogP contribution in [0.5, 0.6) is 0 Å². The van der Waals surface area contributed by atoms with E-state index in [2.05, 4.69) is 35.9 Å². The van der Waals surface area contributed by atoms with E-state index in [1.54, 1.807) is 0 Å². The molecule has 0 radical (unpaired) electrons. The van der Waals surface area contributed by atoms with Gasteiger partial charge in [-0.2, -0.15) is 0 Å². The average Bonchev–Trinajstić information content (AvgIpc) is 2.38. The Balaban J connectivity index is 2.07. The number of anilines is 2. The van der Waals surface area contributed by atoms with Crippen LogP contribution in [-0.4, -0.2) is 18.1 Å². The molecular formula is C16H21N3. The smallest absolute Gasteiger partial charge is 0.0448 e. The summed E-state index contributed by atoms with van der Waals surface area (Å²) in [6.07, 6.45) is 5.04. The third-order valence-corrected chi connectivity index (χ3v) is 4.04. The van der Waals surface area contributed by atoms with Crippen molar-refractivity contribution in [2.75, 3.05) is 23.7 Å². The minimum Gasteiger partial charge on any atom is -0.398 e. The number of rotatable bonds is 1. The molecule has 0 bridgehead atoms. The first-order valence-corrected chi connectivity index (χ1v) is 7.02. The highest BCUT2D eigenvalue weighted by molar-refractivity contribution is 6.00. The van der Waals surface area contributed by atoms with Gasteiger partial charge in [0.15, 0.2) is 0 Å². The normalized spacial score (nSPS) is 23.8. The molecule has 19 heavy (non-hydrogen) atoms. The molecule has 3 rings (SSSR count). The number of nitrogens with two attached hydrogens (primary N) is 1. The van der Waals surface area contributed by atoms with Crippen molar-refractivity contribution >= 4 is 22.1 Å². The summed E-state index contributed by atoms with van der Waals surface area (Å²) >= 11 is 0. The van der Waals surface area contributed by atoms with E-state index in [4.69, 9.17) is 5.73 Å². The van der Waals surface area contributed by atoms with Gasteiger partial charge in [-0.05, 0) is 36.5 Å². The predicted molar refractivity (Wildman–Crippen MR) is 81.3 cm³/mol. The Labute approximate surface area is 114 Å². The molecule has 1 saturated heterocycles. The van der Waals surface area contributed by atoms with Crippen LogP contribution in [0.15, 0.2) is 30.6 Å². The number of hydrogen-bond donors (Lipinski definition) is 1. The number of piperidine rings is 1. The van der Waals surface area contributed by atoms with Crippen molar-refractivity contribution in [2.45, 2.75) is 20.3 Å². The van der Waals surface area contributed by atoms with Crippen LogP contribution in [0, 0.1) is 11.8 Å². The zero-order valence-electron chi connectivity index (χ0n) is 11.6. The lowest BCUT2D eigenvalue weighted by Crippen LogP contribution is -2.38. The summed E-state index contributed by atoms with van der Waals surface area (Å²) in [5.41, 5.74) is 8.16. The molecule has 0 spiro atoms. The lowest BCUT2D eigenvalue weighted by molar-refractivity contribution is 0.357. The van der Waals surface area contributed by atoms with E-state index in [-0.39, 0.29) is 0 Å². The highest BCUT2D eigenvalue weighted by Gasteiger charge is 2.23. The van der Waals surface area contributed by atoms with Gasteiger partial charge in [0.05, 0.1) is 0 Å². The highest BCUT2D eigenvalue weighted by Crippen LogP contribution is 2.33. The summed E-state index contributed by atoms with van der Waals surface area (Å²) in [5, 5.41) is 2.28. The molecule has 1 aromatic carbocycles. The van der Waals surface area contributed by atoms with Gasteiger partial charge in [0.1, 0.15) is 0 Å². The largest absolute Gasteiger partial charge is 0.398 e. The van der Waals surface area contributed by atoms with Crippen LogP contribution < -0.4 is 10.6 Å². The summed E-state index contributed by atoms with van der Waals surface area (Å²) in [6, 6.07) is 6.23. The lowest BCUT2D eigenvalue weighted by atomic mass is 9.91. The summed E-state index contributed by atoms with van der Waals surface area (Å²) < 4.78 is 0. The third kappa shape index (κ3) is 2.25. The number of benzene rings is 1. The molecule has 0 amide bonds. The minimum absolute atomic E-state index is 0.748. The van der Waals surface area contributed by atoms with Gasteiger partial charge >= 0.3 is 0 Å². The predicted octanol–water partition coefficient (Wildman–Crippen LogP) is 3.30. The topological polar surface area (TPSA) is 42.1 Å². The van der Waals surface area contributed by atoms with Crippen LogP contribution in [0.25, 0.3) is 10.8 Å². The molecule has 1 aliphatic heterocycles. The fourth-order valence-electron chi connectivity index (χ4n) is 3.33. The Morgan fingerprint density at radius 1 is 1.11 bits per heavy atom. The Morgan fingerprint density at radius 3 is 2.58 bits per heavy atom. The van der Waals surface area contributed by atoms with E-state index in [1.165, 1.54) is 17.5 Å². The van der Waals surface area contributed by atoms with E-state index in [1.807, 2.05) is 18.5 Å². The van der Waals surface area contributed by atoms with Crippen molar-refractivity contribution in [3.8, 4) is 0 Å². The summed E-state index contributed by atoms with van der Waals surface area (Å²) in [5.74, 6) is 1.50. The van der Waals surface area contributed by atoms with Gasteiger partial charge in [0.25, 0.3) is 0 Å². The van der Waals surface area contributed by atoms with E-state index in [0.717, 1.165) is 36.0 Å². The van der Waals surface area contributed by atoms with E-state index < -0.39 is 0 Å². The fourth-order valence-corrected chi connectivity index (χ4v) is 3.33. The Morgan fingerprint density at radius 2 is 1.84 bits per heavy atom. The maximum Gasteiger partial charge on any atom is 0.0448 e. The molecule has 2 N–H and O–H groups in total. The maximum atomic E-state index is 6.05. The van der Waals surface area contributed by atoms with Gasteiger partial charge in [0.2, 0.25) is 0 Å². The Kier molecular flexibility index (Phi) is 3.05. The van der Waals surface area contributed by atoms with E-state index >= 15 is 0 Å². The van der Waals surface area contributed by atoms with Gasteiger partial charge in [-0.25, -0.2) is 0 Å². The zero-order chi connectivity index (χ0) is 13.4. The molecule has 3 nitrogen and oxygen atoms in total.